The number of anilines is 1. The number of fused-ring (bicyclic) bond motifs is 2. The lowest BCUT2D eigenvalue weighted by Crippen LogP contribution is -2.43. The molecule has 2 aliphatic heterocycles. The van der Waals surface area contributed by atoms with E-state index in [9.17, 15) is 4.39 Å². The number of rotatable bonds is 3. The fraction of sp³-hybridized carbons (Fsp3) is 0.600. The number of benzene rings is 1. The molecule has 1 aromatic carbocycles. The fourth-order valence-electron chi connectivity index (χ4n) is 3.13. The molecule has 3 rings (SSSR count). The summed E-state index contributed by atoms with van der Waals surface area (Å²) in [4.78, 5) is 2.36. The van der Waals surface area contributed by atoms with Crippen molar-refractivity contribution in [1.29, 1.82) is 0 Å². The first-order valence-corrected chi connectivity index (χ1v) is 7.04. The highest BCUT2D eigenvalue weighted by molar-refractivity contribution is 5.56. The van der Waals surface area contributed by atoms with Crippen LogP contribution < -0.4 is 10.2 Å². The Morgan fingerprint density at radius 2 is 2.00 bits per heavy atom. The zero-order valence-corrected chi connectivity index (χ0v) is 11.5. The van der Waals surface area contributed by atoms with Crippen LogP contribution in [0.3, 0.4) is 0 Å². The van der Waals surface area contributed by atoms with Crippen molar-refractivity contribution in [3.63, 3.8) is 0 Å². The summed E-state index contributed by atoms with van der Waals surface area (Å²) in [7, 11) is 1.91. The van der Waals surface area contributed by atoms with Gasteiger partial charge in [0.25, 0.3) is 0 Å². The van der Waals surface area contributed by atoms with Crippen LogP contribution in [0.4, 0.5) is 10.1 Å². The van der Waals surface area contributed by atoms with E-state index in [1.165, 1.54) is 0 Å². The molecule has 0 spiro atoms. The molecule has 2 heterocycles. The maximum Gasteiger partial charge on any atom is 0.123 e. The van der Waals surface area contributed by atoms with Crippen LogP contribution in [0.25, 0.3) is 0 Å². The van der Waals surface area contributed by atoms with Gasteiger partial charge in [-0.25, -0.2) is 4.39 Å². The van der Waals surface area contributed by atoms with Gasteiger partial charge in [-0.2, -0.15) is 0 Å². The second kappa shape index (κ2) is 5.10. The van der Waals surface area contributed by atoms with Crippen LogP contribution in [0.15, 0.2) is 18.2 Å². The molecular formula is C15H21FN2O. The molecule has 1 aromatic rings. The molecule has 0 aliphatic carbocycles. The number of hydrogen-bond acceptors (Lipinski definition) is 3. The topological polar surface area (TPSA) is 24.5 Å². The molecule has 2 aliphatic rings. The molecule has 0 radical (unpaired) electrons. The Balaban J connectivity index is 1.91. The van der Waals surface area contributed by atoms with Crippen LogP contribution in [0.2, 0.25) is 0 Å². The third-order valence-corrected chi connectivity index (χ3v) is 4.27. The lowest BCUT2D eigenvalue weighted by Gasteiger charge is -2.35. The lowest BCUT2D eigenvalue weighted by atomic mass is 10.0. The van der Waals surface area contributed by atoms with Crippen molar-refractivity contribution in [2.75, 3.05) is 25.0 Å². The minimum absolute atomic E-state index is 0.145. The number of ether oxygens (including phenoxy) is 1. The molecule has 0 saturated carbocycles. The van der Waals surface area contributed by atoms with Crippen molar-refractivity contribution in [3.05, 3.63) is 29.6 Å². The molecule has 2 saturated heterocycles. The van der Waals surface area contributed by atoms with Gasteiger partial charge in [-0.3, -0.25) is 0 Å². The quantitative estimate of drug-likeness (QED) is 0.907. The molecule has 0 aromatic heterocycles. The number of halogens is 1. The average molecular weight is 264 g/mol. The van der Waals surface area contributed by atoms with Crippen molar-refractivity contribution in [2.24, 2.45) is 0 Å². The third-order valence-electron chi connectivity index (χ3n) is 4.27. The molecule has 2 bridgehead atoms. The normalized spacial score (nSPS) is 27.6. The SMILES string of the molecule is CNC(C)c1cc(F)ccc1N1CC2CCC(C1)O2. The summed E-state index contributed by atoms with van der Waals surface area (Å²) in [5.74, 6) is -0.169. The van der Waals surface area contributed by atoms with E-state index in [0.717, 1.165) is 37.2 Å². The molecule has 2 fully saturated rings. The first-order chi connectivity index (χ1) is 9.17. The smallest absolute Gasteiger partial charge is 0.123 e. The van der Waals surface area contributed by atoms with Crippen molar-refractivity contribution in [1.82, 2.24) is 5.32 Å². The van der Waals surface area contributed by atoms with Crippen molar-refractivity contribution >= 4 is 5.69 Å². The monoisotopic (exact) mass is 264 g/mol. The van der Waals surface area contributed by atoms with E-state index in [1.807, 2.05) is 13.1 Å². The van der Waals surface area contributed by atoms with Crippen LogP contribution in [0, 0.1) is 5.82 Å². The van der Waals surface area contributed by atoms with Gasteiger partial charge in [-0.15, -0.1) is 0 Å². The second-order valence-electron chi connectivity index (χ2n) is 5.58. The van der Waals surface area contributed by atoms with Crippen LogP contribution in [-0.2, 0) is 4.74 Å². The number of nitrogens with one attached hydrogen (secondary N) is 1. The summed E-state index contributed by atoms with van der Waals surface area (Å²) in [6.45, 7) is 3.91. The van der Waals surface area contributed by atoms with Crippen LogP contribution in [0.5, 0.6) is 0 Å². The highest BCUT2D eigenvalue weighted by Crippen LogP contribution is 2.33. The maximum absolute atomic E-state index is 13.5. The third kappa shape index (κ3) is 2.47. The highest BCUT2D eigenvalue weighted by atomic mass is 19.1. The Morgan fingerprint density at radius 3 is 2.63 bits per heavy atom. The Kier molecular flexibility index (Phi) is 3.46. The van der Waals surface area contributed by atoms with E-state index in [-0.39, 0.29) is 11.9 Å². The molecular weight excluding hydrogens is 243 g/mol. The standard InChI is InChI=1S/C15H21FN2O/c1-10(17-2)14-7-11(16)3-6-15(14)18-8-12-4-5-13(9-18)19-12/h3,6-7,10,12-13,17H,4-5,8-9H2,1-2H3. The Hall–Kier alpha value is -1.13. The number of hydrogen-bond donors (Lipinski definition) is 1. The van der Waals surface area contributed by atoms with Gasteiger partial charge < -0.3 is 15.0 Å². The summed E-state index contributed by atoms with van der Waals surface area (Å²) in [5, 5.41) is 3.20. The summed E-state index contributed by atoms with van der Waals surface area (Å²) >= 11 is 0. The number of nitrogens with zero attached hydrogens (tertiary/aromatic N) is 1. The van der Waals surface area contributed by atoms with Crippen molar-refractivity contribution in [3.8, 4) is 0 Å². The summed E-state index contributed by atoms with van der Waals surface area (Å²) in [5.41, 5.74) is 2.17. The first-order valence-electron chi connectivity index (χ1n) is 7.04. The van der Waals surface area contributed by atoms with Gasteiger partial charge in [0, 0.05) is 24.8 Å². The van der Waals surface area contributed by atoms with Gasteiger partial charge in [0.05, 0.1) is 12.2 Å². The predicted octanol–water partition coefficient (Wildman–Crippen LogP) is 2.47. The van der Waals surface area contributed by atoms with Gasteiger partial charge in [-0.1, -0.05) is 0 Å². The number of morpholine rings is 1. The van der Waals surface area contributed by atoms with Gasteiger partial charge in [0.2, 0.25) is 0 Å². The van der Waals surface area contributed by atoms with E-state index in [2.05, 4.69) is 17.1 Å². The van der Waals surface area contributed by atoms with E-state index in [1.54, 1.807) is 12.1 Å². The summed E-state index contributed by atoms with van der Waals surface area (Å²) < 4.78 is 19.4. The zero-order valence-electron chi connectivity index (χ0n) is 11.5. The molecule has 0 amide bonds. The van der Waals surface area contributed by atoms with Gasteiger partial charge in [0.15, 0.2) is 0 Å². The van der Waals surface area contributed by atoms with Gasteiger partial charge in [0.1, 0.15) is 5.82 Å². The van der Waals surface area contributed by atoms with E-state index >= 15 is 0 Å². The average Bonchev–Trinajstić information content (AvgIpc) is 2.76. The molecule has 1 N–H and O–H groups in total. The predicted molar refractivity (Wildman–Crippen MR) is 74.0 cm³/mol. The molecule has 104 valence electrons. The highest BCUT2D eigenvalue weighted by Gasteiger charge is 2.34. The molecule has 3 atom stereocenters. The Labute approximate surface area is 113 Å². The molecule has 3 nitrogen and oxygen atoms in total. The zero-order chi connectivity index (χ0) is 13.4. The molecule has 3 unspecified atom stereocenters. The van der Waals surface area contributed by atoms with E-state index < -0.39 is 0 Å². The van der Waals surface area contributed by atoms with Crippen molar-refractivity contribution in [2.45, 2.75) is 38.0 Å². The Bertz CT molecular complexity index is 453. The van der Waals surface area contributed by atoms with Crippen LogP contribution in [0.1, 0.15) is 31.4 Å². The van der Waals surface area contributed by atoms with Crippen LogP contribution in [-0.4, -0.2) is 32.3 Å². The largest absolute Gasteiger partial charge is 0.371 e. The minimum Gasteiger partial charge on any atom is -0.371 e. The fourth-order valence-corrected chi connectivity index (χ4v) is 3.13. The lowest BCUT2D eigenvalue weighted by molar-refractivity contribution is 0.0304. The van der Waals surface area contributed by atoms with Crippen molar-refractivity contribution < 1.29 is 9.13 Å². The minimum atomic E-state index is -0.169. The Morgan fingerprint density at radius 1 is 1.32 bits per heavy atom. The van der Waals surface area contributed by atoms with Crippen LogP contribution >= 0.6 is 0 Å². The van der Waals surface area contributed by atoms with Gasteiger partial charge >= 0.3 is 0 Å². The molecule has 19 heavy (non-hydrogen) atoms. The second-order valence-corrected chi connectivity index (χ2v) is 5.58. The summed E-state index contributed by atoms with van der Waals surface area (Å²) in [6.07, 6.45) is 3.00. The first kappa shape index (κ1) is 12.9. The van der Waals surface area contributed by atoms with E-state index in [4.69, 9.17) is 4.74 Å². The summed E-state index contributed by atoms with van der Waals surface area (Å²) in [6, 6.07) is 5.25. The molecule has 4 heteroatoms. The maximum atomic E-state index is 13.5. The van der Waals surface area contributed by atoms with Gasteiger partial charge in [-0.05, 0) is 50.6 Å². The van der Waals surface area contributed by atoms with E-state index in [0.29, 0.717) is 12.2 Å².